The minimum absolute atomic E-state index is 0.0504. The van der Waals surface area contributed by atoms with E-state index in [0.29, 0.717) is 50.7 Å². The van der Waals surface area contributed by atoms with Crippen molar-refractivity contribution in [2.24, 2.45) is 5.92 Å². The van der Waals surface area contributed by atoms with Gasteiger partial charge in [0.25, 0.3) is 5.91 Å². The third kappa shape index (κ3) is 6.30. The van der Waals surface area contributed by atoms with Gasteiger partial charge in [0, 0.05) is 49.9 Å². The standard InChI is InChI=1S/C30H34FN3O4S/c1-2-38-30(37)33-16-14-32(15-17-33)28(35)23-10-13-26-25(19-23)34(20-22-8-11-24(31)12-9-22)29(36)27(39-26)18-21-6-4-3-5-7-21/h3-9,11-12,18,23,25-26H,2,10,13-17,19-20H2,1H3/b27-18-. The number of fused-ring (bicyclic) bond motifs is 1. The van der Waals surface area contributed by atoms with Crippen LogP contribution in [0.1, 0.15) is 37.3 Å². The zero-order chi connectivity index (χ0) is 27.4. The smallest absolute Gasteiger partial charge is 0.409 e. The Labute approximate surface area is 233 Å². The summed E-state index contributed by atoms with van der Waals surface area (Å²) in [5.74, 6) is -0.440. The molecule has 0 bridgehead atoms. The number of piperazine rings is 1. The number of carbonyl (C=O) groups excluding carboxylic acids is 3. The molecule has 2 aromatic rings. The minimum Gasteiger partial charge on any atom is -0.450 e. The van der Waals surface area contributed by atoms with E-state index >= 15 is 0 Å². The number of ether oxygens (including phenoxy) is 1. The number of halogens is 1. The molecular formula is C30H34FN3O4S. The van der Waals surface area contributed by atoms with E-state index in [-0.39, 0.29) is 40.9 Å². The SMILES string of the molecule is CCOC(=O)N1CCN(C(=O)C2CCC3S/C(=C\c4ccccc4)C(=O)N(Cc4ccc(F)cc4)C3C2)CC1. The zero-order valence-corrected chi connectivity index (χ0v) is 22.9. The number of amides is 3. The number of hydrogen-bond acceptors (Lipinski definition) is 5. The van der Waals surface area contributed by atoms with Crippen LogP contribution in [-0.2, 0) is 20.9 Å². The fraction of sp³-hybridized carbons (Fsp3) is 0.433. The summed E-state index contributed by atoms with van der Waals surface area (Å²) in [4.78, 5) is 45.5. The highest BCUT2D eigenvalue weighted by Gasteiger charge is 2.45. The predicted octanol–water partition coefficient (Wildman–Crippen LogP) is 4.78. The number of nitrogens with zero attached hydrogens (tertiary/aromatic N) is 3. The van der Waals surface area contributed by atoms with Gasteiger partial charge in [-0.2, -0.15) is 0 Å². The summed E-state index contributed by atoms with van der Waals surface area (Å²) in [7, 11) is 0. The number of carbonyl (C=O) groups is 3. The summed E-state index contributed by atoms with van der Waals surface area (Å²) < 4.78 is 18.7. The molecule has 0 spiro atoms. The molecule has 1 aliphatic carbocycles. The lowest BCUT2D eigenvalue weighted by Crippen LogP contribution is -2.56. The molecule has 3 unspecified atom stereocenters. The molecule has 3 aliphatic rings. The van der Waals surface area contributed by atoms with Gasteiger partial charge < -0.3 is 19.4 Å². The molecule has 0 N–H and O–H groups in total. The zero-order valence-electron chi connectivity index (χ0n) is 22.1. The van der Waals surface area contributed by atoms with Crippen molar-refractivity contribution >= 4 is 35.7 Å². The van der Waals surface area contributed by atoms with Gasteiger partial charge in [0.1, 0.15) is 5.82 Å². The predicted molar refractivity (Wildman–Crippen MR) is 149 cm³/mol. The molecule has 0 aromatic heterocycles. The molecule has 3 fully saturated rings. The van der Waals surface area contributed by atoms with Crippen LogP contribution < -0.4 is 0 Å². The monoisotopic (exact) mass is 551 g/mol. The molecule has 2 aromatic carbocycles. The van der Waals surface area contributed by atoms with Gasteiger partial charge >= 0.3 is 6.09 Å². The van der Waals surface area contributed by atoms with Crippen LogP contribution in [0.5, 0.6) is 0 Å². The quantitative estimate of drug-likeness (QED) is 0.501. The number of hydrogen-bond donors (Lipinski definition) is 0. The average molecular weight is 552 g/mol. The maximum Gasteiger partial charge on any atom is 0.409 e. The largest absolute Gasteiger partial charge is 0.450 e. The van der Waals surface area contributed by atoms with E-state index in [0.717, 1.165) is 24.0 Å². The van der Waals surface area contributed by atoms with Gasteiger partial charge in [-0.05, 0) is 55.5 Å². The Morgan fingerprint density at radius 3 is 2.38 bits per heavy atom. The molecule has 9 heteroatoms. The number of thioether (sulfide) groups is 1. The number of benzene rings is 2. The van der Waals surface area contributed by atoms with Crippen molar-refractivity contribution in [1.29, 1.82) is 0 Å². The van der Waals surface area contributed by atoms with Crippen LogP contribution in [0.25, 0.3) is 6.08 Å². The molecule has 7 nitrogen and oxygen atoms in total. The Hall–Kier alpha value is -3.33. The van der Waals surface area contributed by atoms with E-state index in [9.17, 15) is 18.8 Å². The van der Waals surface area contributed by atoms with Crippen LogP contribution in [0.15, 0.2) is 59.5 Å². The minimum atomic E-state index is -0.335. The highest BCUT2D eigenvalue weighted by atomic mass is 32.2. The van der Waals surface area contributed by atoms with Gasteiger partial charge in [0.2, 0.25) is 5.91 Å². The summed E-state index contributed by atoms with van der Waals surface area (Å²) in [6, 6.07) is 16.0. The van der Waals surface area contributed by atoms with E-state index in [2.05, 4.69) is 0 Å². The summed E-state index contributed by atoms with van der Waals surface area (Å²) in [5.41, 5.74) is 1.83. The van der Waals surface area contributed by atoms with Crippen molar-refractivity contribution in [1.82, 2.24) is 14.7 Å². The fourth-order valence-electron chi connectivity index (χ4n) is 5.67. The third-order valence-corrected chi connectivity index (χ3v) is 9.13. The normalized spacial score (nSPS) is 24.5. The van der Waals surface area contributed by atoms with Crippen LogP contribution in [0.4, 0.5) is 9.18 Å². The lowest BCUT2D eigenvalue weighted by molar-refractivity contribution is -0.141. The molecule has 5 rings (SSSR count). The van der Waals surface area contributed by atoms with Gasteiger partial charge in [-0.3, -0.25) is 9.59 Å². The molecule has 1 saturated carbocycles. The second-order valence-corrected chi connectivity index (χ2v) is 11.5. The molecule has 3 amide bonds. The van der Waals surface area contributed by atoms with Gasteiger partial charge in [-0.1, -0.05) is 42.5 Å². The van der Waals surface area contributed by atoms with E-state index in [1.807, 2.05) is 46.2 Å². The second-order valence-electron chi connectivity index (χ2n) is 10.2. The summed E-state index contributed by atoms with van der Waals surface area (Å²) in [6.07, 6.45) is 3.80. The van der Waals surface area contributed by atoms with Gasteiger partial charge in [0.05, 0.1) is 11.5 Å². The summed E-state index contributed by atoms with van der Waals surface area (Å²) in [5, 5.41) is 0.183. The third-order valence-electron chi connectivity index (χ3n) is 7.74. The van der Waals surface area contributed by atoms with E-state index in [1.54, 1.807) is 35.7 Å². The average Bonchev–Trinajstić information content (AvgIpc) is 2.96. The van der Waals surface area contributed by atoms with Gasteiger partial charge in [-0.25, -0.2) is 9.18 Å². The van der Waals surface area contributed by atoms with Crippen molar-refractivity contribution < 1.29 is 23.5 Å². The molecule has 2 aliphatic heterocycles. The maximum absolute atomic E-state index is 13.8. The Kier molecular flexibility index (Phi) is 8.55. The van der Waals surface area contributed by atoms with Gasteiger partial charge in [-0.15, -0.1) is 11.8 Å². The number of rotatable bonds is 5. The topological polar surface area (TPSA) is 70.2 Å². The summed E-state index contributed by atoms with van der Waals surface area (Å²) in [6.45, 7) is 4.37. The lowest BCUT2D eigenvalue weighted by Gasteiger charge is -2.47. The van der Waals surface area contributed by atoms with Crippen molar-refractivity contribution in [2.75, 3.05) is 32.8 Å². The first-order valence-corrected chi connectivity index (χ1v) is 14.5. The molecular weight excluding hydrogens is 517 g/mol. The highest BCUT2D eigenvalue weighted by molar-refractivity contribution is 8.04. The Bertz CT molecular complexity index is 1210. The van der Waals surface area contributed by atoms with E-state index in [4.69, 9.17) is 4.74 Å². The molecule has 0 radical (unpaired) electrons. The van der Waals surface area contributed by atoms with Gasteiger partial charge in [0.15, 0.2) is 0 Å². The van der Waals surface area contributed by atoms with Crippen molar-refractivity contribution in [3.8, 4) is 0 Å². The van der Waals surface area contributed by atoms with Crippen molar-refractivity contribution in [2.45, 2.75) is 44.0 Å². The first-order chi connectivity index (χ1) is 18.9. The van der Waals surface area contributed by atoms with Crippen molar-refractivity contribution in [3.05, 3.63) is 76.4 Å². The van der Waals surface area contributed by atoms with Crippen LogP contribution in [0.3, 0.4) is 0 Å². The Balaban J connectivity index is 1.32. The highest BCUT2D eigenvalue weighted by Crippen LogP contribution is 2.44. The first kappa shape index (κ1) is 27.2. The summed E-state index contributed by atoms with van der Waals surface area (Å²) >= 11 is 1.62. The van der Waals surface area contributed by atoms with Crippen LogP contribution in [0, 0.1) is 11.7 Å². The Morgan fingerprint density at radius 2 is 1.69 bits per heavy atom. The maximum atomic E-state index is 13.8. The van der Waals surface area contributed by atoms with E-state index in [1.165, 1.54) is 12.1 Å². The lowest BCUT2D eigenvalue weighted by atomic mass is 9.83. The Morgan fingerprint density at radius 1 is 1.00 bits per heavy atom. The van der Waals surface area contributed by atoms with Crippen LogP contribution >= 0.6 is 11.8 Å². The molecule has 2 saturated heterocycles. The molecule has 2 heterocycles. The molecule has 206 valence electrons. The fourth-order valence-corrected chi connectivity index (χ4v) is 7.09. The van der Waals surface area contributed by atoms with Crippen LogP contribution in [0.2, 0.25) is 0 Å². The molecule has 39 heavy (non-hydrogen) atoms. The van der Waals surface area contributed by atoms with Crippen LogP contribution in [-0.4, -0.2) is 76.7 Å². The van der Waals surface area contributed by atoms with E-state index < -0.39 is 0 Å². The second kappa shape index (κ2) is 12.2. The first-order valence-electron chi connectivity index (χ1n) is 13.6. The van der Waals surface area contributed by atoms with Crippen molar-refractivity contribution in [3.63, 3.8) is 0 Å². The molecule has 3 atom stereocenters.